The third-order valence-corrected chi connectivity index (χ3v) is 2.82. The lowest BCUT2D eigenvalue weighted by atomic mass is 10.2. The van der Waals surface area contributed by atoms with Crippen LogP contribution in [0.15, 0.2) is 47.3 Å². The molecule has 0 saturated heterocycles. The summed E-state index contributed by atoms with van der Waals surface area (Å²) >= 11 is 0. The predicted molar refractivity (Wildman–Crippen MR) is 76.4 cm³/mol. The Labute approximate surface area is 122 Å². The van der Waals surface area contributed by atoms with Crippen LogP contribution in [-0.4, -0.2) is 23.3 Å². The van der Waals surface area contributed by atoms with Crippen LogP contribution >= 0.6 is 0 Å². The largest absolute Gasteiger partial charge is 0.459 e. The van der Waals surface area contributed by atoms with Crippen LogP contribution < -0.4 is 10.6 Å². The molecule has 0 saturated carbocycles. The van der Waals surface area contributed by atoms with Crippen molar-refractivity contribution in [3.05, 3.63) is 54.2 Å². The van der Waals surface area contributed by atoms with E-state index in [2.05, 4.69) is 15.6 Å². The Morgan fingerprint density at radius 2 is 2.10 bits per heavy atom. The molecule has 110 valence electrons. The Balaban J connectivity index is 1.58. The number of aromatic nitrogens is 1. The molecule has 0 aliphatic heterocycles. The van der Waals surface area contributed by atoms with Gasteiger partial charge in [0.05, 0.1) is 6.26 Å². The molecule has 0 aromatic carbocycles. The van der Waals surface area contributed by atoms with Crippen LogP contribution in [0, 0.1) is 0 Å². The molecule has 2 aromatic heterocycles. The maximum Gasteiger partial charge on any atom is 0.286 e. The Bertz CT molecular complexity index is 567. The molecule has 2 N–H and O–H groups in total. The van der Waals surface area contributed by atoms with E-state index >= 15 is 0 Å². The molecule has 0 atom stereocenters. The minimum absolute atomic E-state index is 0.0499. The topological polar surface area (TPSA) is 84.2 Å². The molecule has 0 radical (unpaired) electrons. The number of furan rings is 1. The van der Waals surface area contributed by atoms with Gasteiger partial charge in [-0.25, -0.2) is 0 Å². The Kier molecular flexibility index (Phi) is 5.51. The fraction of sp³-hybridized carbons (Fsp3) is 0.267. The van der Waals surface area contributed by atoms with E-state index in [4.69, 9.17) is 4.42 Å². The smallest absolute Gasteiger partial charge is 0.286 e. The lowest BCUT2D eigenvalue weighted by Crippen LogP contribution is -2.27. The van der Waals surface area contributed by atoms with Crippen LogP contribution in [0.2, 0.25) is 0 Å². The van der Waals surface area contributed by atoms with Crippen LogP contribution in [0.25, 0.3) is 0 Å². The Morgan fingerprint density at radius 3 is 2.81 bits per heavy atom. The minimum atomic E-state index is -0.268. The monoisotopic (exact) mass is 287 g/mol. The van der Waals surface area contributed by atoms with Crippen LogP contribution in [0.4, 0.5) is 0 Å². The van der Waals surface area contributed by atoms with Gasteiger partial charge >= 0.3 is 0 Å². The summed E-state index contributed by atoms with van der Waals surface area (Å²) < 4.78 is 4.96. The molecule has 2 rings (SSSR count). The van der Waals surface area contributed by atoms with Gasteiger partial charge in [0.15, 0.2) is 5.76 Å². The molecule has 6 nitrogen and oxygen atoms in total. The molecule has 0 spiro atoms. The van der Waals surface area contributed by atoms with Gasteiger partial charge in [0.25, 0.3) is 5.91 Å². The standard InChI is InChI=1S/C15H17N3O3/c19-14(18-11-12-4-1-7-16-10-12)6-2-8-17-15(20)13-5-3-9-21-13/h1,3-5,7,9-10H,2,6,8,11H2,(H,17,20)(H,18,19). The second-order valence-corrected chi connectivity index (χ2v) is 4.47. The van der Waals surface area contributed by atoms with Gasteiger partial charge in [0.1, 0.15) is 0 Å². The van der Waals surface area contributed by atoms with Crippen molar-refractivity contribution in [1.82, 2.24) is 15.6 Å². The van der Waals surface area contributed by atoms with Crippen molar-refractivity contribution in [2.24, 2.45) is 0 Å². The van der Waals surface area contributed by atoms with Crippen molar-refractivity contribution >= 4 is 11.8 Å². The first-order valence-corrected chi connectivity index (χ1v) is 6.73. The quantitative estimate of drug-likeness (QED) is 0.756. The highest BCUT2D eigenvalue weighted by Gasteiger charge is 2.07. The fourth-order valence-electron chi connectivity index (χ4n) is 1.74. The molecule has 2 amide bonds. The van der Waals surface area contributed by atoms with Gasteiger partial charge < -0.3 is 15.1 Å². The van der Waals surface area contributed by atoms with Crippen LogP contribution in [0.1, 0.15) is 29.0 Å². The lowest BCUT2D eigenvalue weighted by Gasteiger charge is -2.05. The van der Waals surface area contributed by atoms with Gasteiger partial charge in [-0.15, -0.1) is 0 Å². The van der Waals surface area contributed by atoms with E-state index in [-0.39, 0.29) is 17.6 Å². The third kappa shape index (κ3) is 5.10. The van der Waals surface area contributed by atoms with E-state index in [9.17, 15) is 9.59 Å². The molecule has 0 unspecified atom stereocenters. The van der Waals surface area contributed by atoms with E-state index in [0.717, 1.165) is 5.56 Å². The van der Waals surface area contributed by atoms with Crippen molar-refractivity contribution in [3.8, 4) is 0 Å². The number of hydrogen-bond acceptors (Lipinski definition) is 4. The highest BCUT2D eigenvalue weighted by Crippen LogP contribution is 1.99. The number of nitrogens with one attached hydrogen (secondary N) is 2. The van der Waals surface area contributed by atoms with Gasteiger partial charge in [-0.2, -0.15) is 0 Å². The van der Waals surface area contributed by atoms with Crippen molar-refractivity contribution in [2.75, 3.05) is 6.54 Å². The molecular formula is C15H17N3O3. The molecule has 6 heteroatoms. The highest BCUT2D eigenvalue weighted by molar-refractivity contribution is 5.91. The maximum absolute atomic E-state index is 11.6. The van der Waals surface area contributed by atoms with Gasteiger partial charge in [-0.05, 0) is 30.2 Å². The summed E-state index contributed by atoms with van der Waals surface area (Å²) in [4.78, 5) is 27.1. The number of carbonyl (C=O) groups is 2. The first-order chi connectivity index (χ1) is 10.3. The Hall–Kier alpha value is -2.63. The third-order valence-electron chi connectivity index (χ3n) is 2.82. The Morgan fingerprint density at radius 1 is 1.19 bits per heavy atom. The summed E-state index contributed by atoms with van der Waals surface area (Å²) in [5.41, 5.74) is 0.956. The number of pyridine rings is 1. The molecule has 0 aliphatic carbocycles. The number of rotatable bonds is 7. The van der Waals surface area contributed by atoms with E-state index in [1.165, 1.54) is 6.26 Å². The second-order valence-electron chi connectivity index (χ2n) is 4.47. The summed E-state index contributed by atoms with van der Waals surface area (Å²) in [5, 5.41) is 5.50. The number of carbonyl (C=O) groups excluding carboxylic acids is 2. The second kappa shape index (κ2) is 7.84. The van der Waals surface area contributed by atoms with Crippen molar-refractivity contribution in [1.29, 1.82) is 0 Å². The maximum atomic E-state index is 11.6. The molecule has 0 fully saturated rings. The number of amides is 2. The molecule has 0 bridgehead atoms. The minimum Gasteiger partial charge on any atom is -0.459 e. The molecule has 0 aliphatic rings. The number of hydrogen-bond donors (Lipinski definition) is 2. The fourth-order valence-corrected chi connectivity index (χ4v) is 1.74. The average Bonchev–Trinajstić information content (AvgIpc) is 3.05. The molecule has 2 heterocycles. The zero-order chi connectivity index (χ0) is 14.9. The molecule has 2 aromatic rings. The van der Waals surface area contributed by atoms with Crippen LogP contribution in [-0.2, 0) is 11.3 Å². The van der Waals surface area contributed by atoms with Gasteiger partial charge in [-0.3, -0.25) is 14.6 Å². The van der Waals surface area contributed by atoms with Crippen molar-refractivity contribution in [2.45, 2.75) is 19.4 Å². The zero-order valence-electron chi connectivity index (χ0n) is 11.5. The lowest BCUT2D eigenvalue weighted by molar-refractivity contribution is -0.121. The highest BCUT2D eigenvalue weighted by atomic mass is 16.3. The molecular weight excluding hydrogens is 270 g/mol. The van der Waals surface area contributed by atoms with Gasteiger partial charge in [0.2, 0.25) is 5.91 Å². The summed E-state index contributed by atoms with van der Waals surface area (Å²) in [6.07, 6.45) is 5.78. The van der Waals surface area contributed by atoms with E-state index in [1.54, 1.807) is 24.5 Å². The van der Waals surface area contributed by atoms with Crippen molar-refractivity contribution < 1.29 is 14.0 Å². The van der Waals surface area contributed by atoms with E-state index in [0.29, 0.717) is 25.9 Å². The molecule has 21 heavy (non-hydrogen) atoms. The summed E-state index contributed by atoms with van der Waals surface area (Å²) in [6.45, 7) is 0.894. The number of nitrogens with zero attached hydrogens (tertiary/aromatic N) is 1. The van der Waals surface area contributed by atoms with E-state index < -0.39 is 0 Å². The first kappa shape index (κ1) is 14.8. The summed E-state index contributed by atoms with van der Waals surface area (Å²) in [7, 11) is 0. The summed E-state index contributed by atoms with van der Waals surface area (Å²) in [5.74, 6) is -0.0436. The van der Waals surface area contributed by atoms with Crippen LogP contribution in [0.3, 0.4) is 0 Å². The van der Waals surface area contributed by atoms with Gasteiger partial charge in [-0.1, -0.05) is 6.07 Å². The van der Waals surface area contributed by atoms with Crippen molar-refractivity contribution in [3.63, 3.8) is 0 Å². The van der Waals surface area contributed by atoms with E-state index in [1.807, 2.05) is 12.1 Å². The summed E-state index contributed by atoms with van der Waals surface area (Å²) in [6, 6.07) is 6.97. The average molecular weight is 287 g/mol. The normalized spacial score (nSPS) is 10.1. The van der Waals surface area contributed by atoms with Gasteiger partial charge in [0, 0.05) is 31.9 Å². The predicted octanol–water partition coefficient (Wildman–Crippen LogP) is 1.50. The SMILES string of the molecule is O=C(CCCNC(=O)c1ccco1)NCc1cccnc1. The zero-order valence-corrected chi connectivity index (χ0v) is 11.5. The first-order valence-electron chi connectivity index (χ1n) is 6.73. The van der Waals surface area contributed by atoms with Crippen LogP contribution in [0.5, 0.6) is 0 Å².